The number of hydrogen-bond acceptors (Lipinski definition) is 5. The van der Waals surface area contributed by atoms with Crippen LogP contribution in [-0.2, 0) is 6.54 Å². The second-order valence-electron chi connectivity index (χ2n) is 3.98. The Morgan fingerprint density at radius 2 is 2.20 bits per heavy atom. The Morgan fingerprint density at radius 3 is 2.90 bits per heavy atom. The quantitative estimate of drug-likeness (QED) is 0.668. The summed E-state index contributed by atoms with van der Waals surface area (Å²) >= 11 is 3.30. The van der Waals surface area contributed by atoms with E-state index in [9.17, 15) is 10.1 Å². The highest BCUT2D eigenvalue weighted by Crippen LogP contribution is 2.28. The van der Waals surface area contributed by atoms with Gasteiger partial charge in [0.25, 0.3) is 5.69 Å². The van der Waals surface area contributed by atoms with Gasteiger partial charge in [0, 0.05) is 29.3 Å². The van der Waals surface area contributed by atoms with E-state index in [0.29, 0.717) is 18.1 Å². The minimum atomic E-state index is -0.415. The lowest BCUT2D eigenvalue weighted by molar-refractivity contribution is -0.384. The van der Waals surface area contributed by atoms with Crippen molar-refractivity contribution < 1.29 is 9.66 Å². The summed E-state index contributed by atoms with van der Waals surface area (Å²) in [7, 11) is 1.54. The normalized spacial score (nSPS) is 10.1. The van der Waals surface area contributed by atoms with Gasteiger partial charge in [-0.25, -0.2) is 4.98 Å². The van der Waals surface area contributed by atoms with E-state index in [2.05, 4.69) is 26.2 Å². The number of aromatic nitrogens is 1. The first kappa shape index (κ1) is 14.3. The summed E-state index contributed by atoms with van der Waals surface area (Å²) in [5.74, 6) is 0.507. The number of hydrogen-bond donors (Lipinski definition) is 1. The van der Waals surface area contributed by atoms with E-state index in [-0.39, 0.29) is 5.69 Å². The third-order valence-corrected chi connectivity index (χ3v) is 3.14. The molecular formula is C13H12BrN3O3. The van der Waals surface area contributed by atoms with Crippen molar-refractivity contribution in [2.24, 2.45) is 0 Å². The number of nitrogens with zero attached hydrogens (tertiary/aromatic N) is 2. The Kier molecular flexibility index (Phi) is 4.52. The first-order valence-corrected chi connectivity index (χ1v) is 6.56. The predicted octanol–water partition coefficient (Wildman–Crippen LogP) is 3.37. The number of nitrogens with one attached hydrogen (secondary N) is 1. The molecule has 0 spiro atoms. The molecule has 0 saturated heterocycles. The number of methoxy groups -OCH3 is 1. The maximum atomic E-state index is 11.0. The standard InChI is InChI=1S/C13H12BrN3O3/c1-20-13-6-9(4-5-15-13)8-16-11-7-10(14)2-3-12(11)17(18)19/h2-7,16H,8H2,1H3. The van der Waals surface area contributed by atoms with E-state index in [1.807, 2.05) is 6.07 Å². The Morgan fingerprint density at radius 1 is 1.40 bits per heavy atom. The minimum absolute atomic E-state index is 0.0363. The van der Waals surface area contributed by atoms with Gasteiger partial charge in [-0.1, -0.05) is 15.9 Å². The van der Waals surface area contributed by atoms with Gasteiger partial charge in [0.15, 0.2) is 0 Å². The SMILES string of the molecule is COc1cc(CNc2cc(Br)ccc2[N+](=O)[O-])ccn1. The zero-order valence-corrected chi connectivity index (χ0v) is 12.3. The molecule has 0 saturated carbocycles. The minimum Gasteiger partial charge on any atom is -0.481 e. The summed E-state index contributed by atoms with van der Waals surface area (Å²) in [4.78, 5) is 14.6. The zero-order chi connectivity index (χ0) is 14.5. The van der Waals surface area contributed by atoms with Crippen molar-refractivity contribution in [2.75, 3.05) is 12.4 Å². The number of rotatable bonds is 5. The molecule has 0 fully saturated rings. The Labute approximate surface area is 124 Å². The van der Waals surface area contributed by atoms with E-state index in [4.69, 9.17) is 4.74 Å². The van der Waals surface area contributed by atoms with E-state index in [0.717, 1.165) is 10.0 Å². The highest BCUT2D eigenvalue weighted by molar-refractivity contribution is 9.10. The second-order valence-corrected chi connectivity index (χ2v) is 4.89. The molecule has 0 aliphatic rings. The van der Waals surface area contributed by atoms with Crippen LogP contribution in [0.2, 0.25) is 0 Å². The predicted molar refractivity (Wildman–Crippen MR) is 78.9 cm³/mol. The van der Waals surface area contributed by atoms with Crippen molar-refractivity contribution in [1.82, 2.24) is 4.98 Å². The van der Waals surface area contributed by atoms with Crippen molar-refractivity contribution in [2.45, 2.75) is 6.54 Å². The lowest BCUT2D eigenvalue weighted by Crippen LogP contribution is -2.03. The third-order valence-electron chi connectivity index (χ3n) is 2.65. The van der Waals surface area contributed by atoms with Crippen LogP contribution in [-0.4, -0.2) is 17.0 Å². The van der Waals surface area contributed by atoms with Crippen LogP contribution in [0.1, 0.15) is 5.56 Å². The molecule has 0 aliphatic carbocycles. The van der Waals surface area contributed by atoms with Crippen LogP contribution in [0.25, 0.3) is 0 Å². The van der Waals surface area contributed by atoms with E-state index < -0.39 is 4.92 Å². The molecule has 2 aromatic rings. The molecular weight excluding hydrogens is 326 g/mol. The molecule has 1 N–H and O–H groups in total. The van der Waals surface area contributed by atoms with Gasteiger partial charge in [-0.3, -0.25) is 10.1 Å². The molecule has 20 heavy (non-hydrogen) atoms. The Balaban J connectivity index is 2.17. The van der Waals surface area contributed by atoms with Crippen molar-refractivity contribution in [3.05, 3.63) is 56.7 Å². The van der Waals surface area contributed by atoms with Gasteiger partial charge in [-0.2, -0.15) is 0 Å². The molecule has 0 aliphatic heterocycles. The van der Waals surface area contributed by atoms with Gasteiger partial charge in [0.2, 0.25) is 5.88 Å². The number of anilines is 1. The highest BCUT2D eigenvalue weighted by atomic mass is 79.9. The molecule has 2 rings (SSSR count). The molecule has 104 valence electrons. The first-order chi connectivity index (χ1) is 9.60. The van der Waals surface area contributed by atoms with Crippen molar-refractivity contribution >= 4 is 27.3 Å². The van der Waals surface area contributed by atoms with E-state index in [1.54, 1.807) is 31.5 Å². The Bertz CT molecular complexity index is 634. The van der Waals surface area contributed by atoms with Crippen LogP contribution in [0.15, 0.2) is 41.0 Å². The van der Waals surface area contributed by atoms with Gasteiger partial charge in [0.05, 0.1) is 12.0 Å². The van der Waals surface area contributed by atoms with Crippen molar-refractivity contribution in [3.63, 3.8) is 0 Å². The fourth-order valence-electron chi connectivity index (χ4n) is 1.68. The van der Waals surface area contributed by atoms with Gasteiger partial charge >= 0.3 is 0 Å². The molecule has 1 aromatic heterocycles. The van der Waals surface area contributed by atoms with Crippen LogP contribution in [0.3, 0.4) is 0 Å². The van der Waals surface area contributed by atoms with Crippen LogP contribution >= 0.6 is 15.9 Å². The van der Waals surface area contributed by atoms with Gasteiger partial charge in [0.1, 0.15) is 5.69 Å². The lowest BCUT2D eigenvalue weighted by atomic mass is 10.2. The van der Waals surface area contributed by atoms with E-state index in [1.165, 1.54) is 6.07 Å². The molecule has 0 radical (unpaired) electrons. The maximum absolute atomic E-state index is 11.0. The average Bonchev–Trinajstić information content (AvgIpc) is 2.45. The molecule has 6 nitrogen and oxygen atoms in total. The summed E-state index contributed by atoms with van der Waals surface area (Å²) in [6, 6.07) is 8.37. The molecule has 7 heteroatoms. The lowest BCUT2D eigenvalue weighted by Gasteiger charge is -2.08. The number of ether oxygens (including phenoxy) is 1. The van der Waals surface area contributed by atoms with Crippen LogP contribution < -0.4 is 10.1 Å². The van der Waals surface area contributed by atoms with Crippen LogP contribution in [0.4, 0.5) is 11.4 Å². The monoisotopic (exact) mass is 337 g/mol. The smallest absolute Gasteiger partial charge is 0.292 e. The first-order valence-electron chi connectivity index (χ1n) is 5.77. The summed E-state index contributed by atoms with van der Waals surface area (Å²) in [5, 5.41) is 14.0. The van der Waals surface area contributed by atoms with Gasteiger partial charge in [-0.15, -0.1) is 0 Å². The second kappa shape index (κ2) is 6.33. The largest absolute Gasteiger partial charge is 0.481 e. The maximum Gasteiger partial charge on any atom is 0.292 e. The van der Waals surface area contributed by atoms with Gasteiger partial charge in [-0.05, 0) is 23.8 Å². The topological polar surface area (TPSA) is 77.3 Å². The molecule has 0 bridgehead atoms. The molecule has 0 amide bonds. The van der Waals surface area contributed by atoms with E-state index >= 15 is 0 Å². The molecule has 1 heterocycles. The highest BCUT2D eigenvalue weighted by Gasteiger charge is 2.13. The molecule has 0 unspecified atom stereocenters. The fraction of sp³-hybridized carbons (Fsp3) is 0.154. The number of benzene rings is 1. The third kappa shape index (κ3) is 3.45. The number of nitro benzene ring substituents is 1. The molecule has 0 atom stereocenters. The van der Waals surface area contributed by atoms with Crippen LogP contribution in [0.5, 0.6) is 5.88 Å². The number of nitro groups is 1. The summed E-state index contributed by atoms with van der Waals surface area (Å²) in [6.07, 6.45) is 1.63. The Hall–Kier alpha value is -2.15. The average molecular weight is 338 g/mol. The van der Waals surface area contributed by atoms with Crippen LogP contribution in [0, 0.1) is 10.1 Å². The van der Waals surface area contributed by atoms with Crippen molar-refractivity contribution in [3.8, 4) is 5.88 Å². The fourth-order valence-corrected chi connectivity index (χ4v) is 2.04. The number of pyridine rings is 1. The van der Waals surface area contributed by atoms with Gasteiger partial charge < -0.3 is 10.1 Å². The summed E-state index contributed by atoms with van der Waals surface area (Å²) in [6.45, 7) is 0.441. The van der Waals surface area contributed by atoms with Crippen molar-refractivity contribution in [1.29, 1.82) is 0 Å². The summed E-state index contributed by atoms with van der Waals surface area (Å²) < 4.78 is 5.81. The number of halogens is 1. The zero-order valence-electron chi connectivity index (χ0n) is 10.7. The summed E-state index contributed by atoms with van der Waals surface area (Å²) in [5.41, 5.74) is 1.42. The molecule has 1 aromatic carbocycles.